The largest absolute Gasteiger partial charge is 0.454 e. The molecule has 7 nitrogen and oxygen atoms in total. The van der Waals surface area contributed by atoms with Gasteiger partial charge in [-0.3, -0.25) is 19.4 Å². The zero-order chi connectivity index (χ0) is 22.1. The number of imide groups is 1. The van der Waals surface area contributed by atoms with Crippen molar-refractivity contribution in [1.29, 1.82) is 0 Å². The van der Waals surface area contributed by atoms with Gasteiger partial charge in [0.15, 0.2) is 11.5 Å². The third kappa shape index (κ3) is 2.99. The number of carbonyl (C=O) groups excluding carboxylic acids is 2. The number of hydrogen-bond donors (Lipinski definition) is 1. The van der Waals surface area contributed by atoms with Crippen LogP contribution < -0.4 is 9.47 Å². The van der Waals surface area contributed by atoms with Crippen molar-refractivity contribution in [3.8, 4) is 11.5 Å². The molecule has 32 heavy (non-hydrogen) atoms. The van der Waals surface area contributed by atoms with Crippen LogP contribution in [-0.4, -0.2) is 59.3 Å². The second-order valence-electron chi connectivity index (χ2n) is 9.67. The fourth-order valence-corrected chi connectivity index (χ4v) is 6.87. The first-order valence-corrected chi connectivity index (χ1v) is 12.3. The number of piperidine rings is 1. The van der Waals surface area contributed by atoms with Gasteiger partial charge in [0.1, 0.15) is 0 Å². The third-order valence-electron chi connectivity index (χ3n) is 7.94. The van der Waals surface area contributed by atoms with Crippen LogP contribution in [0.15, 0.2) is 28.3 Å². The number of hydrogen-bond acceptors (Lipinski definition) is 6. The summed E-state index contributed by atoms with van der Waals surface area (Å²) < 4.78 is 12.1. The van der Waals surface area contributed by atoms with E-state index in [4.69, 9.17) is 9.47 Å². The molecule has 170 valence electrons. The van der Waals surface area contributed by atoms with Gasteiger partial charge in [0, 0.05) is 42.7 Å². The van der Waals surface area contributed by atoms with Crippen molar-refractivity contribution in [2.75, 3.05) is 20.4 Å². The smallest absolute Gasteiger partial charge is 0.234 e. The zero-order valence-corrected chi connectivity index (χ0v) is 19.6. The molecule has 1 aromatic carbocycles. The Morgan fingerprint density at radius 2 is 1.81 bits per heavy atom. The highest BCUT2D eigenvalue weighted by Crippen LogP contribution is 2.57. The number of aliphatic hydroxyl groups excluding tert-OH is 1. The predicted octanol–water partition coefficient (Wildman–Crippen LogP) is 2.70. The van der Waals surface area contributed by atoms with Gasteiger partial charge in [-0.15, -0.1) is 0 Å². The van der Waals surface area contributed by atoms with Gasteiger partial charge in [-0.25, -0.2) is 0 Å². The lowest BCUT2D eigenvalue weighted by molar-refractivity contribution is -0.138. The maximum atomic E-state index is 13.2. The fraction of sp³-hybridized carbons (Fsp3) is 0.583. The Labute approximate surface area is 195 Å². The first-order valence-electron chi connectivity index (χ1n) is 11.5. The summed E-state index contributed by atoms with van der Waals surface area (Å²) in [4.78, 5) is 30.1. The topological polar surface area (TPSA) is 79.3 Å². The quantitative estimate of drug-likeness (QED) is 0.475. The van der Waals surface area contributed by atoms with Crippen LogP contribution in [0.4, 0.5) is 0 Å². The SMILES string of the molecule is CN1C(=O)C2C(C1=O)C1C=C(CCCO)C2C(C2CC2)N1Cc1cc2c(cc1Br)OCO2. The Kier molecular flexibility index (Phi) is 4.89. The summed E-state index contributed by atoms with van der Waals surface area (Å²) in [7, 11) is 1.63. The van der Waals surface area contributed by atoms with Crippen LogP contribution in [-0.2, 0) is 16.1 Å². The van der Waals surface area contributed by atoms with Crippen LogP contribution in [0.5, 0.6) is 11.5 Å². The number of aliphatic hydroxyl groups is 1. The molecule has 0 spiro atoms. The average molecular weight is 503 g/mol. The number of carbonyl (C=O) groups is 2. The molecule has 1 N–H and O–H groups in total. The van der Waals surface area contributed by atoms with E-state index < -0.39 is 0 Å². The van der Waals surface area contributed by atoms with Crippen LogP contribution in [0.1, 0.15) is 31.2 Å². The Bertz CT molecular complexity index is 1020. The van der Waals surface area contributed by atoms with Crippen molar-refractivity contribution >= 4 is 27.7 Å². The van der Waals surface area contributed by atoms with Crippen LogP contribution in [0.25, 0.3) is 0 Å². The van der Waals surface area contributed by atoms with Crippen LogP contribution >= 0.6 is 15.9 Å². The molecule has 0 radical (unpaired) electrons. The van der Waals surface area contributed by atoms with Crippen LogP contribution in [0.3, 0.4) is 0 Å². The van der Waals surface area contributed by atoms with Gasteiger partial charge in [-0.05, 0) is 49.3 Å². The molecule has 5 unspecified atom stereocenters. The lowest BCUT2D eigenvalue weighted by Crippen LogP contribution is -2.63. The van der Waals surface area contributed by atoms with E-state index >= 15 is 0 Å². The third-order valence-corrected chi connectivity index (χ3v) is 8.68. The van der Waals surface area contributed by atoms with E-state index in [9.17, 15) is 14.7 Å². The van der Waals surface area contributed by atoms with Gasteiger partial charge in [0.25, 0.3) is 0 Å². The van der Waals surface area contributed by atoms with E-state index in [1.165, 1.54) is 10.5 Å². The van der Waals surface area contributed by atoms with Crippen molar-refractivity contribution in [2.24, 2.45) is 23.7 Å². The summed E-state index contributed by atoms with van der Waals surface area (Å²) >= 11 is 3.70. The van der Waals surface area contributed by atoms with Gasteiger partial charge in [-0.2, -0.15) is 0 Å². The zero-order valence-electron chi connectivity index (χ0n) is 18.0. The summed E-state index contributed by atoms with van der Waals surface area (Å²) in [5.74, 6) is 1.40. The molecule has 2 bridgehead atoms. The van der Waals surface area contributed by atoms with Gasteiger partial charge in [0.05, 0.1) is 11.8 Å². The number of ether oxygens (including phenoxy) is 2. The second-order valence-corrected chi connectivity index (χ2v) is 10.5. The minimum Gasteiger partial charge on any atom is -0.454 e. The Morgan fingerprint density at radius 1 is 1.09 bits per heavy atom. The number of likely N-dealkylation sites (tertiary alicyclic amines) is 1. The van der Waals surface area contributed by atoms with Crippen molar-refractivity contribution in [3.05, 3.63) is 33.8 Å². The maximum Gasteiger partial charge on any atom is 0.234 e. The van der Waals surface area contributed by atoms with E-state index in [0.29, 0.717) is 18.9 Å². The summed E-state index contributed by atoms with van der Waals surface area (Å²) in [5, 5.41) is 9.44. The van der Waals surface area contributed by atoms with E-state index in [-0.39, 0.29) is 55.1 Å². The molecule has 8 heteroatoms. The van der Waals surface area contributed by atoms with Crippen molar-refractivity contribution in [1.82, 2.24) is 9.80 Å². The average Bonchev–Trinajstić information content (AvgIpc) is 3.49. The molecule has 3 fully saturated rings. The minimum atomic E-state index is -0.321. The molecule has 2 amide bonds. The molecule has 7 rings (SSSR count). The monoisotopic (exact) mass is 502 g/mol. The normalized spacial score (nSPS) is 33.2. The molecular weight excluding hydrogens is 476 g/mol. The Hall–Kier alpha value is -1.90. The summed E-state index contributed by atoms with van der Waals surface area (Å²) in [6, 6.07) is 4.11. The molecule has 5 atom stereocenters. The number of rotatable bonds is 6. The van der Waals surface area contributed by atoms with Gasteiger partial charge in [0.2, 0.25) is 18.6 Å². The molecule has 2 aliphatic carbocycles. The van der Waals surface area contributed by atoms with E-state index in [2.05, 4.69) is 26.9 Å². The minimum absolute atomic E-state index is 0.0286. The van der Waals surface area contributed by atoms with E-state index in [0.717, 1.165) is 40.8 Å². The van der Waals surface area contributed by atoms with E-state index in [1.807, 2.05) is 12.1 Å². The molecule has 1 saturated carbocycles. The summed E-state index contributed by atoms with van der Waals surface area (Å²) in [5.41, 5.74) is 2.36. The number of fused-ring (bicyclic) bond motifs is 2. The number of halogens is 1. The van der Waals surface area contributed by atoms with Gasteiger partial charge in [-0.1, -0.05) is 27.6 Å². The fourth-order valence-electron chi connectivity index (χ4n) is 6.42. The van der Waals surface area contributed by atoms with Gasteiger partial charge >= 0.3 is 0 Å². The first-order chi connectivity index (χ1) is 15.5. The molecule has 1 aromatic rings. The number of nitrogens with zero attached hydrogens (tertiary/aromatic N) is 2. The summed E-state index contributed by atoms with van der Waals surface area (Å²) in [6.45, 7) is 1.04. The Balaban J connectivity index is 1.41. The lowest BCUT2D eigenvalue weighted by atomic mass is 9.61. The van der Waals surface area contributed by atoms with Crippen molar-refractivity contribution in [2.45, 2.75) is 44.3 Å². The molecule has 0 aromatic heterocycles. The molecule has 4 aliphatic heterocycles. The lowest BCUT2D eigenvalue weighted by Gasteiger charge is -2.55. The highest BCUT2D eigenvalue weighted by molar-refractivity contribution is 9.10. The molecule has 6 aliphatic rings. The predicted molar refractivity (Wildman–Crippen MR) is 119 cm³/mol. The molecular formula is C24H27BrN2O5. The maximum absolute atomic E-state index is 13.2. The summed E-state index contributed by atoms with van der Waals surface area (Å²) in [6.07, 6.45) is 6.04. The van der Waals surface area contributed by atoms with Crippen LogP contribution in [0, 0.1) is 23.7 Å². The van der Waals surface area contributed by atoms with Crippen LogP contribution in [0.2, 0.25) is 0 Å². The first kappa shape index (κ1) is 20.7. The number of amides is 2. The number of benzene rings is 1. The highest BCUT2D eigenvalue weighted by atomic mass is 79.9. The molecule has 2 saturated heterocycles. The molecule has 4 heterocycles. The van der Waals surface area contributed by atoms with Crippen molar-refractivity contribution in [3.63, 3.8) is 0 Å². The van der Waals surface area contributed by atoms with Crippen molar-refractivity contribution < 1.29 is 24.2 Å². The standard InChI is InChI=1S/C24H27BrN2O5/c1-26-23(29)20-16-7-13(3-2-6-28)19(21(20)24(26)30)22(12-4-5-12)27(16)10-14-8-17-18(9-15(14)25)32-11-31-17/h7-9,12,16,19-22,28H,2-6,10-11H2,1H3. The Morgan fingerprint density at radius 3 is 2.53 bits per heavy atom. The van der Waals surface area contributed by atoms with E-state index in [1.54, 1.807) is 7.05 Å². The van der Waals surface area contributed by atoms with Gasteiger partial charge < -0.3 is 14.6 Å². The second kappa shape index (κ2) is 7.57. The highest BCUT2D eigenvalue weighted by Gasteiger charge is 2.64.